The minimum absolute atomic E-state index is 0.583. The number of halogens is 2. The van der Waals surface area contributed by atoms with Gasteiger partial charge in [-0.1, -0.05) is 6.92 Å². The van der Waals surface area contributed by atoms with Gasteiger partial charge in [0.2, 0.25) is 0 Å². The van der Waals surface area contributed by atoms with Gasteiger partial charge in [-0.25, -0.2) is 0 Å². The quantitative estimate of drug-likeness (QED) is 0.529. The van der Waals surface area contributed by atoms with E-state index in [2.05, 4.69) is 6.92 Å². The minimum Gasteiger partial charge on any atom is -0.127 e. The van der Waals surface area contributed by atoms with Crippen molar-refractivity contribution in [2.24, 2.45) is 5.92 Å². The van der Waals surface area contributed by atoms with E-state index >= 15 is 0 Å². The highest BCUT2D eigenvalue weighted by molar-refractivity contribution is 6.18. The van der Waals surface area contributed by atoms with Crippen LogP contribution in [0.1, 0.15) is 13.3 Å². The van der Waals surface area contributed by atoms with Crippen molar-refractivity contribution in [1.29, 1.82) is 0 Å². The van der Waals surface area contributed by atoms with E-state index in [1.807, 2.05) is 0 Å². The molecule has 0 fully saturated rings. The van der Waals surface area contributed by atoms with Gasteiger partial charge in [-0.15, -0.1) is 23.2 Å². The first-order valence-electron chi connectivity index (χ1n) is 2.43. The molecule has 7 heavy (non-hydrogen) atoms. The Kier molecular flexibility index (Phi) is 5.12. The van der Waals surface area contributed by atoms with Crippen LogP contribution in [0.5, 0.6) is 0 Å². The molecule has 0 nitrogen and oxygen atoms in total. The highest BCUT2D eigenvalue weighted by Crippen LogP contribution is 2.03. The summed E-state index contributed by atoms with van der Waals surface area (Å²) in [5, 5.41) is 0. The third kappa shape index (κ3) is 4.43. The summed E-state index contributed by atoms with van der Waals surface area (Å²) in [5.74, 6) is 2.04. The van der Waals surface area contributed by atoms with Crippen LogP contribution in [0.3, 0.4) is 0 Å². The predicted octanol–water partition coefficient (Wildman–Crippen LogP) is 2.49. The summed E-state index contributed by atoms with van der Waals surface area (Å²) in [6.45, 7) is 2.09. The van der Waals surface area contributed by atoms with E-state index < -0.39 is 0 Å². The maximum atomic E-state index is 5.47. The number of hydrogen-bond donors (Lipinski definition) is 0. The number of hydrogen-bond acceptors (Lipinski definition) is 0. The lowest BCUT2D eigenvalue weighted by atomic mass is 10.2. The summed E-state index contributed by atoms with van der Waals surface area (Å²) in [6.07, 6.45) is 1.03. The van der Waals surface area contributed by atoms with Crippen molar-refractivity contribution in [3.63, 3.8) is 0 Å². The molecular weight excluding hydrogens is 131 g/mol. The van der Waals surface area contributed by atoms with E-state index in [9.17, 15) is 0 Å². The van der Waals surface area contributed by atoms with Gasteiger partial charge in [-0.05, 0) is 12.3 Å². The summed E-state index contributed by atoms with van der Waals surface area (Å²) in [5.41, 5.74) is 0. The number of alkyl halides is 2. The molecule has 0 aliphatic heterocycles. The maximum Gasteiger partial charge on any atom is 0.0249 e. The first-order chi connectivity index (χ1) is 3.31. The van der Waals surface area contributed by atoms with Crippen molar-refractivity contribution < 1.29 is 0 Å². The van der Waals surface area contributed by atoms with Crippen LogP contribution in [0.2, 0.25) is 0 Å². The second-order valence-corrected chi connectivity index (χ2v) is 2.42. The van der Waals surface area contributed by atoms with Gasteiger partial charge in [0.1, 0.15) is 0 Å². The molecule has 0 aliphatic carbocycles. The van der Waals surface area contributed by atoms with Crippen molar-refractivity contribution in [3.05, 3.63) is 0 Å². The molecule has 0 saturated heterocycles. The lowest BCUT2D eigenvalue weighted by Gasteiger charge is -2.00. The average molecular weight is 141 g/mol. The molecule has 0 N–H and O–H groups in total. The smallest absolute Gasteiger partial charge is 0.0249 e. The molecule has 0 radical (unpaired) electrons. The third-order valence-electron chi connectivity index (χ3n) is 0.865. The van der Waals surface area contributed by atoms with Crippen LogP contribution in [-0.2, 0) is 0 Å². The van der Waals surface area contributed by atoms with Crippen molar-refractivity contribution in [2.75, 3.05) is 11.8 Å². The van der Waals surface area contributed by atoms with E-state index in [0.29, 0.717) is 5.92 Å². The molecule has 0 aliphatic rings. The second kappa shape index (κ2) is 4.73. The van der Waals surface area contributed by atoms with Crippen LogP contribution in [0, 0.1) is 5.92 Å². The molecule has 0 aromatic carbocycles. The zero-order chi connectivity index (χ0) is 5.70. The molecule has 0 aromatic rings. The summed E-state index contributed by atoms with van der Waals surface area (Å²) < 4.78 is 0. The summed E-state index contributed by atoms with van der Waals surface area (Å²) in [7, 11) is 0. The average Bonchev–Trinajstić information content (AvgIpc) is 1.68. The molecular formula is C5H10Cl2. The summed E-state index contributed by atoms with van der Waals surface area (Å²) in [6, 6.07) is 0. The van der Waals surface area contributed by atoms with Crippen LogP contribution in [0.25, 0.3) is 0 Å². The van der Waals surface area contributed by atoms with Crippen LogP contribution in [-0.4, -0.2) is 11.8 Å². The molecule has 0 heterocycles. The fraction of sp³-hybridized carbons (Fsp3) is 1.00. The van der Waals surface area contributed by atoms with Gasteiger partial charge >= 0.3 is 0 Å². The standard InChI is InChI=1S/C5H10Cl2/c1-5(4-7)2-3-6/h5H,2-4H2,1H3. The van der Waals surface area contributed by atoms with Crippen molar-refractivity contribution in [2.45, 2.75) is 13.3 Å². The third-order valence-corrected chi connectivity index (χ3v) is 1.61. The summed E-state index contributed by atoms with van der Waals surface area (Å²) >= 11 is 10.9. The zero-order valence-corrected chi connectivity index (χ0v) is 5.97. The Morgan fingerprint density at radius 2 is 2.00 bits per heavy atom. The second-order valence-electron chi connectivity index (χ2n) is 1.74. The predicted molar refractivity (Wildman–Crippen MR) is 35.2 cm³/mol. The lowest BCUT2D eigenvalue weighted by Crippen LogP contribution is -1.95. The van der Waals surface area contributed by atoms with Gasteiger partial charge in [0.25, 0.3) is 0 Å². The largest absolute Gasteiger partial charge is 0.127 e. The van der Waals surface area contributed by atoms with E-state index in [-0.39, 0.29) is 0 Å². The molecule has 1 atom stereocenters. The highest BCUT2D eigenvalue weighted by atomic mass is 35.5. The molecule has 0 bridgehead atoms. The Morgan fingerprint density at radius 3 is 2.14 bits per heavy atom. The normalized spacial score (nSPS) is 14.1. The van der Waals surface area contributed by atoms with Gasteiger partial charge in [0, 0.05) is 11.8 Å². The van der Waals surface area contributed by atoms with Gasteiger partial charge in [0.15, 0.2) is 0 Å². The van der Waals surface area contributed by atoms with E-state index in [1.165, 1.54) is 0 Å². The first-order valence-corrected chi connectivity index (χ1v) is 3.50. The van der Waals surface area contributed by atoms with Crippen LogP contribution < -0.4 is 0 Å². The molecule has 2 heteroatoms. The Bertz CT molecular complexity index is 37.1. The Hall–Kier alpha value is 0.580. The Balaban J connectivity index is 2.83. The van der Waals surface area contributed by atoms with Crippen LogP contribution in [0.15, 0.2) is 0 Å². The topological polar surface area (TPSA) is 0 Å². The molecule has 0 amide bonds. The van der Waals surface area contributed by atoms with Crippen LogP contribution >= 0.6 is 23.2 Å². The van der Waals surface area contributed by atoms with Gasteiger partial charge < -0.3 is 0 Å². The Morgan fingerprint density at radius 1 is 1.43 bits per heavy atom. The molecule has 0 aromatic heterocycles. The molecule has 0 saturated carbocycles. The van der Waals surface area contributed by atoms with Gasteiger partial charge in [-0.2, -0.15) is 0 Å². The van der Waals surface area contributed by atoms with E-state index in [4.69, 9.17) is 23.2 Å². The van der Waals surface area contributed by atoms with Crippen molar-refractivity contribution in [3.8, 4) is 0 Å². The van der Waals surface area contributed by atoms with Crippen molar-refractivity contribution >= 4 is 23.2 Å². The van der Waals surface area contributed by atoms with E-state index in [0.717, 1.165) is 18.2 Å². The molecule has 0 rings (SSSR count). The molecule has 1 unspecified atom stereocenters. The molecule has 0 spiro atoms. The monoisotopic (exact) mass is 140 g/mol. The first kappa shape index (κ1) is 7.58. The number of rotatable bonds is 3. The van der Waals surface area contributed by atoms with E-state index in [1.54, 1.807) is 0 Å². The zero-order valence-electron chi connectivity index (χ0n) is 4.45. The van der Waals surface area contributed by atoms with Gasteiger partial charge in [0.05, 0.1) is 0 Å². The fourth-order valence-electron chi connectivity index (χ4n) is 0.263. The minimum atomic E-state index is 0.583. The Labute approximate surface area is 54.8 Å². The molecule has 44 valence electrons. The summed E-state index contributed by atoms with van der Waals surface area (Å²) in [4.78, 5) is 0. The van der Waals surface area contributed by atoms with Crippen LogP contribution in [0.4, 0.5) is 0 Å². The SMILES string of the molecule is CC(CCl)CCCl. The van der Waals surface area contributed by atoms with Gasteiger partial charge in [-0.3, -0.25) is 0 Å². The highest BCUT2D eigenvalue weighted by Gasteiger charge is 1.95. The van der Waals surface area contributed by atoms with Crippen molar-refractivity contribution in [1.82, 2.24) is 0 Å². The maximum absolute atomic E-state index is 5.47. The lowest BCUT2D eigenvalue weighted by molar-refractivity contribution is 0.637. The fourth-order valence-corrected chi connectivity index (χ4v) is 0.790.